The third kappa shape index (κ3) is 4.47. The third-order valence-corrected chi connectivity index (χ3v) is 4.99. The molecule has 0 saturated carbocycles. The average molecular weight is 388 g/mol. The first kappa shape index (κ1) is 19.2. The van der Waals surface area contributed by atoms with E-state index < -0.39 is 27.4 Å². The van der Waals surface area contributed by atoms with Gasteiger partial charge in [-0.3, -0.25) is 0 Å². The van der Waals surface area contributed by atoms with Crippen LogP contribution in [-0.2, 0) is 21.4 Å². The number of methoxy groups -OCH3 is 1. The summed E-state index contributed by atoms with van der Waals surface area (Å²) >= 11 is 5.89. The molecule has 2 aromatic carbocycles. The molecule has 25 heavy (non-hydrogen) atoms. The van der Waals surface area contributed by atoms with Crippen molar-refractivity contribution in [3.63, 3.8) is 0 Å². The molecule has 2 aromatic rings. The Morgan fingerprint density at radius 3 is 2.60 bits per heavy atom. The molecular weight excluding hydrogens is 373 g/mol. The van der Waals surface area contributed by atoms with Crippen molar-refractivity contribution >= 4 is 27.6 Å². The number of carbonyl (C=O) groups is 1. The number of rotatable bonds is 6. The number of carbonyl (C=O) groups excluding carboxylic acids is 1. The van der Waals surface area contributed by atoms with Crippen molar-refractivity contribution in [2.45, 2.75) is 11.5 Å². The highest BCUT2D eigenvalue weighted by atomic mass is 35.5. The Hall–Kier alpha value is -2.16. The summed E-state index contributed by atoms with van der Waals surface area (Å²) < 4.78 is 49.7. The lowest BCUT2D eigenvalue weighted by Crippen LogP contribution is -2.19. The first-order valence-electron chi connectivity index (χ1n) is 7.01. The van der Waals surface area contributed by atoms with Gasteiger partial charge in [0, 0.05) is 10.6 Å². The van der Waals surface area contributed by atoms with E-state index in [0.29, 0.717) is 16.3 Å². The highest BCUT2D eigenvalue weighted by Crippen LogP contribution is 2.24. The van der Waals surface area contributed by atoms with Crippen LogP contribution < -0.4 is 9.46 Å². The van der Waals surface area contributed by atoms with Crippen LogP contribution in [-0.4, -0.2) is 28.5 Å². The first-order chi connectivity index (χ1) is 11.8. The van der Waals surface area contributed by atoms with Gasteiger partial charge in [0.25, 0.3) is 0 Å². The fraction of sp³-hybridized carbons (Fsp3) is 0.188. The van der Waals surface area contributed by atoms with Crippen LogP contribution in [0.25, 0.3) is 0 Å². The van der Waals surface area contributed by atoms with E-state index in [2.05, 4.69) is 4.72 Å². The van der Waals surface area contributed by atoms with Crippen LogP contribution in [0.2, 0.25) is 5.02 Å². The summed E-state index contributed by atoms with van der Waals surface area (Å²) in [5.41, 5.74) is 0.0000732. The molecule has 0 heterocycles. The molecule has 0 unspecified atom stereocenters. The fourth-order valence-electron chi connectivity index (χ4n) is 2.03. The van der Waals surface area contributed by atoms with Gasteiger partial charge in [0.1, 0.15) is 18.2 Å². The standard InChI is InChI=1S/C16H15ClFNO5S/c1-19-25(21,22)12-4-5-14(18)13(8-12)16(20)24-9-10-7-11(17)3-6-15(10)23-2/h3-8,19H,9H2,1-2H3. The van der Waals surface area contributed by atoms with E-state index >= 15 is 0 Å². The van der Waals surface area contributed by atoms with Crippen LogP contribution in [0.15, 0.2) is 41.3 Å². The Balaban J connectivity index is 2.24. The van der Waals surface area contributed by atoms with E-state index in [1.165, 1.54) is 14.2 Å². The Bertz CT molecular complexity index is 901. The topological polar surface area (TPSA) is 81.7 Å². The fourth-order valence-corrected chi connectivity index (χ4v) is 2.98. The lowest BCUT2D eigenvalue weighted by molar-refractivity contribution is 0.0464. The van der Waals surface area contributed by atoms with Gasteiger partial charge in [-0.05, 0) is 43.4 Å². The van der Waals surface area contributed by atoms with Crippen molar-refractivity contribution in [3.8, 4) is 5.75 Å². The highest BCUT2D eigenvalue weighted by molar-refractivity contribution is 7.89. The predicted molar refractivity (Wildman–Crippen MR) is 89.8 cm³/mol. The van der Waals surface area contributed by atoms with Gasteiger partial charge in [-0.25, -0.2) is 22.3 Å². The SMILES string of the molecule is CNS(=O)(=O)c1ccc(F)c(C(=O)OCc2cc(Cl)ccc2OC)c1. The van der Waals surface area contributed by atoms with Gasteiger partial charge in [-0.1, -0.05) is 11.6 Å². The van der Waals surface area contributed by atoms with E-state index in [1.807, 2.05) is 0 Å². The molecule has 0 spiro atoms. The molecule has 0 bridgehead atoms. The number of hydrogen-bond donors (Lipinski definition) is 1. The van der Waals surface area contributed by atoms with Crippen LogP contribution in [0.3, 0.4) is 0 Å². The Morgan fingerprint density at radius 1 is 1.24 bits per heavy atom. The lowest BCUT2D eigenvalue weighted by Gasteiger charge is -2.11. The van der Waals surface area contributed by atoms with Gasteiger partial charge in [-0.15, -0.1) is 0 Å². The first-order valence-corrected chi connectivity index (χ1v) is 8.87. The molecule has 0 fully saturated rings. The van der Waals surface area contributed by atoms with Gasteiger partial charge in [0.15, 0.2) is 0 Å². The predicted octanol–water partition coefficient (Wildman–Crippen LogP) is 2.75. The summed E-state index contributed by atoms with van der Waals surface area (Å²) in [6.45, 7) is -0.217. The van der Waals surface area contributed by atoms with Crippen LogP contribution in [0.5, 0.6) is 5.75 Å². The normalized spacial score (nSPS) is 11.2. The minimum atomic E-state index is -3.82. The molecule has 6 nitrogen and oxygen atoms in total. The molecule has 0 amide bonds. The average Bonchev–Trinajstić information content (AvgIpc) is 2.60. The molecule has 0 aliphatic heterocycles. The van der Waals surface area contributed by atoms with E-state index in [4.69, 9.17) is 21.1 Å². The molecule has 2 rings (SSSR count). The monoisotopic (exact) mass is 387 g/mol. The zero-order valence-electron chi connectivity index (χ0n) is 13.4. The molecule has 0 aromatic heterocycles. The van der Waals surface area contributed by atoms with Crippen molar-refractivity contribution < 1.29 is 27.1 Å². The smallest absolute Gasteiger partial charge is 0.341 e. The molecule has 0 atom stereocenters. The highest BCUT2D eigenvalue weighted by Gasteiger charge is 2.19. The van der Waals surface area contributed by atoms with Gasteiger partial charge in [-0.2, -0.15) is 0 Å². The van der Waals surface area contributed by atoms with Gasteiger partial charge >= 0.3 is 5.97 Å². The molecule has 134 valence electrons. The summed E-state index contributed by atoms with van der Waals surface area (Å²) in [6.07, 6.45) is 0. The number of benzene rings is 2. The summed E-state index contributed by atoms with van der Waals surface area (Å²) in [7, 11) is -1.16. The lowest BCUT2D eigenvalue weighted by atomic mass is 10.2. The Morgan fingerprint density at radius 2 is 1.96 bits per heavy atom. The molecule has 0 saturated heterocycles. The zero-order chi connectivity index (χ0) is 18.6. The maximum atomic E-state index is 13.9. The number of sulfonamides is 1. The Labute approximate surface area is 149 Å². The maximum Gasteiger partial charge on any atom is 0.341 e. The van der Waals surface area contributed by atoms with Crippen LogP contribution in [0.4, 0.5) is 4.39 Å². The molecule has 0 aliphatic carbocycles. The third-order valence-electron chi connectivity index (χ3n) is 3.34. The van der Waals surface area contributed by atoms with Crippen LogP contribution in [0.1, 0.15) is 15.9 Å². The Kier molecular flexibility index (Phi) is 5.99. The van der Waals surface area contributed by atoms with Crippen molar-refractivity contribution in [2.24, 2.45) is 0 Å². The number of esters is 1. The molecule has 0 radical (unpaired) electrons. The van der Waals surface area contributed by atoms with Crippen LogP contribution in [0, 0.1) is 5.82 Å². The van der Waals surface area contributed by atoms with E-state index in [1.54, 1.807) is 18.2 Å². The van der Waals surface area contributed by atoms with Gasteiger partial charge in [0.05, 0.1) is 17.6 Å². The quantitative estimate of drug-likeness (QED) is 0.771. The van der Waals surface area contributed by atoms with Crippen molar-refractivity contribution in [2.75, 3.05) is 14.2 Å². The molecule has 0 aliphatic rings. The molecular formula is C16H15ClFNO5S. The van der Waals surface area contributed by atoms with Crippen molar-refractivity contribution in [1.29, 1.82) is 0 Å². The van der Waals surface area contributed by atoms with Gasteiger partial charge < -0.3 is 9.47 Å². The maximum absolute atomic E-state index is 13.9. The minimum absolute atomic E-state index is 0.217. The zero-order valence-corrected chi connectivity index (χ0v) is 14.9. The van der Waals surface area contributed by atoms with Crippen molar-refractivity contribution in [3.05, 3.63) is 58.4 Å². The van der Waals surface area contributed by atoms with E-state index in [-0.39, 0.29) is 11.5 Å². The molecule has 9 heteroatoms. The largest absolute Gasteiger partial charge is 0.496 e. The van der Waals surface area contributed by atoms with E-state index in [9.17, 15) is 17.6 Å². The second-order valence-corrected chi connectivity index (χ2v) is 7.20. The van der Waals surface area contributed by atoms with E-state index in [0.717, 1.165) is 18.2 Å². The summed E-state index contributed by atoms with van der Waals surface area (Å²) in [6, 6.07) is 7.62. The summed E-state index contributed by atoms with van der Waals surface area (Å²) in [4.78, 5) is 11.9. The number of ether oxygens (including phenoxy) is 2. The summed E-state index contributed by atoms with van der Waals surface area (Å²) in [5, 5.41) is 0.417. The van der Waals surface area contributed by atoms with Crippen molar-refractivity contribution in [1.82, 2.24) is 4.72 Å². The van der Waals surface area contributed by atoms with Crippen LogP contribution >= 0.6 is 11.6 Å². The second-order valence-electron chi connectivity index (χ2n) is 4.88. The molecule has 1 N–H and O–H groups in total. The van der Waals surface area contributed by atoms with Gasteiger partial charge in [0.2, 0.25) is 10.0 Å². The number of nitrogens with one attached hydrogen (secondary N) is 1. The summed E-state index contributed by atoms with van der Waals surface area (Å²) in [5.74, 6) is -1.45. The minimum Gasteiger partial charge on any atom is -0.496 e. The number of halogens is 2. The second kappa shape index (κ2) is 7.81. The number of hydrogen-bond acceptors (Lipinski definition) is 5.